The Balaban J connectivity index is 2.11. The molecule has 1 aliphatic rings. The molecule has 0 saturated carbocycles. The van der Waals surface area contributed by atoms with Crippen molar-refractivity contribution in [1.82, 2.24) is 10.3 Å². The fraction of sp³-hybridized carbons (Fsp3) is 0.786. The molecular weight excluding hydrogens is 258 g/mol. The van der Waals surface area contributed by atoms with E-state index >= 15 is 0 Å². The van der Waals surface area contributed by atoms with Gasteiger partial charge in [0, 0.05) is 18.0 Å². The Morgan fingerprint density at radius 2 is 2.37 bits per heavy atom. The van der Waals surface area contributed by atoms with Gasteiger partial charge >= 0.3 is 0 Å². The predicted molar refractivity (Wildman–Crippen MR) is 81.0 cm³/mol. The van der Waals surface area contributed by atoms with Gasteiger partial charge in [-0.1, -0.05) is 13.8 Å². The molecule has 1 aromatic heterocycles. The molecule has 108 valence electrons. The van der Waals surface area contributed by atoms with E-state index in [9.17, 15) is 0 Å². The number of aromatic nitrogens is 1. The maximum atomic E-state index is 5.75. The van der Waals surface area contributed by atoms with Crippen LogP contribution in [0.2, 0.25) is 0 Å². The van der Waals surface area contributed by atoms with E-state index in [1.807, 2.05) is 0 Å². The summed E-state index contributed by atoms with van der Waals surface area (Å²) >= 11 is 1.75. The summed E-state index contributed by atoms with van der Waals surface area (Å²) in [4.78, 5) is 7.23. The van der Waals surface area contributed by atoms with Crippen LogP contribution >= 0.6 is 11.3 Å². The summed E-state index contributed by atoms with van der Waals surface area (Å²) in [6.45, 7) is 11.4. The number of rotatable bonds is 5. The van der Waals surface area contributed by atoms with Gasteiger partial charge in [0.1, 0.15) is 0 Å². The molecule has 0 bridgehead atoms. The molecule has 0 aliphatic carbocycles. The van der Waals surface area contributed by atoms with E-state index in [1.165, 1.54) is 0 Å². The average Bonchev–Trinajstić information content (AvgIpc) is 2.88. The number of hydrogen-bond acceptors (Lipinski definition) is 5. The first-order valence-electron chi connectivity index (χ1n) is 7.22. The quantitative estimate of drug-likeness (QED) is 0.901. The normalized spacial score (nSPS) is 25.6. The summed E-state index contributed by atoms with van der Waals surface area (Å²) in [5.41, 5.74) is 1.15. The van der Waals surface area contributed by atoms with E-state index in [2.05, 4.69) is 43.3 Å². The highest BCUT2D eigenvalue weighted by molar-refractivity contribution is 7.13. The van der Waals surface area contributed by atoms with Crippen LogP contribution in [0, 0.1) is 0 Å². The molecule has 0 radical (unpaired) electrons. The fourth-order valence-electron chi connectivity index (χ4n) is 2.43. The van der Waals surface area contributed by atoms with Crippen LogP contribution in [0.25, 0.3) is 0 Å². The molecule has 2 heterocycles. The van der Waals surface area contributed by atoms with Crippen LogP contribution in [0.15, 0.2) is 5.38 Å². The van der Waals surface area contributed by atoms with Crippen molar-refractivity contribution >= 4 is 16.5 Å². The van der Waals surface area contributed by atoms with Gasteiger partial charge in [0.15, 0.2) is 5.13 Å². The van der Waals surface area contributed by atoms with Crippen LogP contribution in [-0.2, 0) is 4.74 Å². The van der Waals surface area contributed by atoms with Crippen LogP contribution in [0.3, 0.4) is 0 Å². The number of ether oxygens (including phenoxy) is 1. The second-order valence-corrected chi connectivity index (χ2v) is 6.03. The first-order chi connectivity index (χ1) is 9.15. The van der Waals surface area contributed by atoms with Gasteiger partial charge in [-0.2, -0.15) is 0 Å². The second kappa shape index (κ2) is 6.68. The SMILES string of the molecule is CCNC(C)c1csc(N2CC(C)OCC2CC)n1. The van der Waals surface area contributed by atoms with E-state index in [0.717, 1.165) is 36.9 Å². The third-order valence-corrected chi connectivity index (χ3v) is 4.54. The first-order valence-corrected chi connectivity index (χ1v) is 8.10. The number of nitrogens with one attached hydrogen (secondary N) is 1. The molecule has 0 amide bonds. The lowest BCUT2D eigenvalue weighted by Crippen LogP contribution is -2.48. The molecule has 2 rings (SSSR count). The molecule has 1 N–H and O–H groups in total. The highest BCUT2D eigenvalue weighted by Crippen LogP contribution is 2.28. The van der Waals surface area contributed by atoms with Gasteiger partial charge in [-0.15, -0.1) is 11.3 Å². The van der Waals surface area contributed by atoms with E-state index in [0.29, 0.717) is 18.2 Å². The van der Waals surface area contributed by atoms with Gasteiger partial charge in [-0.3, -0.25) is 0 Å². The molecule has 0 spiro atoms. The van der Waals surface area contributed by atoms with Crippen molar-refractivity contribution in [3.8, 4) is 0 Å². The Kier molecular flexibility index (Phi) is 5.19. The molecule has 19 heavy (non-hydrogen) atoms. The zero-order valence-electron chi connectivity index (χ0n) is 12.3. The van der Waals surface area contributed by atoms with Crippen molar-refractivity contribution in [2.45, 2.75) is 52.3 Å². The monoisotopic (exact) mass is 283 g/mol. The van der Waals surface area contributed by atoms with Crippen molar-refractivity contribution < 1.29 is 4.74 Å². The topological polar surface area (TPSA) is 37.4 Å². The molecule has 3 atom stereocenters. The summed E-state index contributed by atoms with van der Waals surface area (Å²) in [5, 5.41) is 6.73. The van der Waals surface area contributed by atoms with Crippen molar-refractivity contribution in [3.05, 3.63) is 11.1 Å². The van der Waals surface area contributed by atoms with Gasteiger partial charge in [-0.05, 0) is 26.8 Å². The smallest absolute Gasteiger partial charge is 0.185 e. The minimum absolute atomic E-state index is 0.293. The minimum atomic E-state index is 0.293. The Hall–Kier alpha value is -0.650. The molecule has 4 nitrogen and oxygen atoms in total. The largest absolute Gasteiger partial charge is 0.375 e. The Bertz CT molecular complexity index is 396. The third-order valence-electron chi connectivity index (χ3n) is 3.65. The van der Waals surface area contributed by atoms with Crippen molar-refractivity contribution in [1.29, 1.82) is 0 Å². The molecular formula is C14H25N3OS. The van der Waals surface area contributed by atoms with E-state index in [-0.39, 0.29) is 0 Å². The molecule has 1 saturated heterocycles. The minimum Gasteiger partial charge on any atom is -0.375 e. The van der Waals surface area contributed by atoms with Crippen molar-refractivity contribution in [3.63, 3.8) is 0 Å². The van der Waals surface area contributed by atoms with Gasteiger partial charge in [-0.25, -0.2) is 4.98 Å². The summed E-state index contributed by atoms with van der Waals surface area (Å²) < 4.78 is 5.75. The van der Waals surface area contributed by atoms with Gasteiger partial charge < -0.3 is 15.0 Å². The Morgan fingerprint density at radius 1 is 1.58 bits per heavy atom. The lowest BCUT2D eigenvalue weighted by molar-refractivity contribution is 0.0299. The maximum Gasteiger partial charge on any atom is 0.185 e. The number of hydrogen-bond donors (Lipinski definition) is 1. The van der Waals surface area contributed by atoms with Gasteiger partial charge in [0.05, 0.1) is 24.4 Å². The standard InChI is InChI=1S/C14H25N3OS/c1-5-12-8-18-10(3)7-17(12)14-16-13(9-19-14)11(4)15-6-2/h9-12,15H,5-8H2,1-4H3. The second-order valence-electron chi connectivity index (χ2n) is 5.19. The number of nitrogens with zero attached hydrogens (tertiary/aromatic N) is 2. The van der Waals surface area contributed by atoms with Crippen LogP contribution in [-0.4, -0.2) is 36.8 Å². The van der Waals surface area contributed by atoms with Crippen molar-refractivity contribution in [2.24, 2.45) is 0 Å². The molecule has 1 aliphatic heterocycles. The number of anilines is 1. The number of thiazole rings is 1. The molecule has 3 unspecified atom stereocenters. The van der Waals surface area contributed by atoms with Crippen LogP contribution in [0.5, 0.6) is 0 Å². The van der Waals surface area contributed by atoms with Crippen LogP contribution in [0.1, 0.15) is 45.9 Å². The van der Waals surface area contributed by atoms with E-state index in [1.54, 1.807) is 11.3 Å². The van der Waals surface area contributed by atoms with Gasteiger partial charge in [0.25, 0.3) is 0 Å². The number of morpholine rings is 1. The van der Waals surface area contributed by atoms with Crippen molar-refractivity contribution in [2.75, 3.05) is 24.6 Å². The zero-order valence-corrected chi connectivity index (χ0v) is 13.2. The predicted octanol–water partition coefficient (Wildman–Crippen LogP) is 2.82. The molecule has 0 aromatic carbocycles. The summed E-state index contributed by atoms with van der Waals surface area (Å²) in [6.07, 6.45) is 1.39. The molecule has 1 fully saturated rings. The Morgan fingerprint density at radius 3 is 3.05 bits per heavy atom. The van der Waals surface area contributed by atoms with Crippen LogP contribution in [0.4, 0.5) is 5.13 Å². The highest BCUT2D eigenvalue weighted by Gasteiger charge is 2.27. The maximum absolute atomic E-state index is 5.75. The molecule has 5 heteroatoms. The summed E-state index contributed by atoms with van der Waals surface area (Å²) in [6, 6.07) is 0.790. The van der Waals surface area contributed by atoms with E-state index < -0.39 is 0 Å². The Labute approximate surface area is 120 Å². The third kappa shape index (κ3) is 3.46. The van der Waals surface area contributed by atoms with Crippen LogP contribution < -0.4 is 10.2 Å². The van der Waals surface area contributed by atoms with Gasteiger partial charge in [0.2, 0.25) is 0 Å². The molecule has 1 aromatic rings. The fourth-order valence-corrected chi connectivity index (χ4v) is 3.43. The summed E-state index contributed by atoms with van der Waals surface area (Å²) in [7, 11) is 0. The lowest BCUT2D eigenvalue weighted by Gasteiger charge is -2.38. The van der Waals surface area contributed by atoms with E-state index in [4.69, 9.17) is 9.72 Å². The average molecular weight is 283 g/mol. The lowest BCUT2D eigenvalue weighted by atomic mass is 10.1. The highest BCUT2D eigenvalue weighted by atomic mass is 32.1. The first kappa shape index (κ1) is 14.8. The zero-order chi connectivity index (χ0) is 13.8. The summed E-state index contributed by atoms with van der Waals surface area (Å²) in [5.74, 6) is 0.